The van der Waals surface area contributed by atoms with Crippen LogP contribution in [0.4, 0.5) is 4.79 Å². The van der Waals surface area contributed by atoms with Gasteiger partial charge in [0, 0.05) is 18.7 Å². The number of carboxylic acid groups (broad SMARTS) is 2. The van der Waals surface area contributed by atoms with Crippen molar-refractivity contribution in [3.63, 3.8) is 0 Å². The lowest BCUT2D eigenvalue weighted by atomic mass is 10.2. The quantitative estimate of drug-likeness (QED) is 0.488. The molecule has 9 nitrogen and oxygen atoms in total. The number of aliphatic carboxylic acids is 2. The summed E-state index contributed by atoms with van der Waals surface area (Å²) in [5.74, 6) is -3.23. The predicted octanol–water partition coefficient (Wildman–Crippen LogP) is 0.111. The first-order valence-corrected chi connectivity index (χ1v) is 6.42. The van der Waals surface area contributed by atoms with Gasteiger partial charge in [0.25, 0.3) is 0 Å². The third-order valence-electron chi connectivity index (χ3n) is 2.10. The summed E-state index contributed by atoms with van der Waals surface area (Å²) in [7, 11) is 0. The van der Waals surface area contributed by atoms with Gasteiger partial charge in [0.2, 0.25) is 5.91 Å². The molecular formula is C13H20N2O7. The summed E-state index contributed by atoms with van der Waals surface area (Å²) >= 11 is 0. The molecule has 0 saturated carbocycles. The van der Waals surface area contributed by atoms with E-state index in [-0.39, 0.29) is 13.0 Å². The summed E-state index contributed by atoms with van der Waals surface area (Å²) in [5, 5.41) is 21.8. The van der Waals surface area contributed by atoms with E-state index in [9.17, 15) is 19.2 Å². The van der Waals surface area contributed by atoms with Crippen LogP contribution in [-0.2, 0) is 19.1 Å². The van der Waals surface area contributed by atoms with Gasteiger partial charge in [-0.25, -0.2) is 14.4 Å². The number of amides is 2. The Bertz CT molecular complexity index is 465. The van der Waals surface area contributed by atoms with E-state index in [1.54, 1.807) is 20.8 Å². The zero-order chi connectivity index (χ0) is 17.3. The van der Waals surface area contributed by atoms with Crippen LogP contribution in [0, 0.1) is 0 Å². The van der Waals surface area contributed by atoms with Gasteiger partial charge in [-0.05, 0) is 27.2 Å². The van der Waals surface area contributed by atoms with Crippen molar-refractivity contribution in [2.45, 2.75) is 38.8 Å². The molecule has 124 valence electrons. The van der Waals surface area contributed by atoms with Crippen molar-refractivity contribution in [3.8, 4) is 0 Å². The second-order valence-corrected chi connectivity index (χ2v) is 5.29. The maximum absolute atomic E-state index is 11.5. The minimum atomic E-state index is -1.28. The number of ether oxygens (including phenoxy) is 1. The number of hydrogen-bond acceptors (Lipinski definition) is 5. The summed E-state index contributed by atoms with van der Waals surface area (Å²) in [6, 6.07) is -1.24. The van der Waals surface area contributed by atoms with Crippen LogP contribution in [-0.4, -0.2) is 52.3 Å². The Kier molecular flexibility index (Phi) is 7.64. The lowest BCUT2D eigenvalue weighted by Crippen LogP contribution is -2.45. The molecule has 1 unspecified atom stereocenters. The van der Waals surface area contributed by atoms with E-state index in [2.05, 4.69) is 10.6 Å². The maximum atomic E-state index is 11.5. The van der Waals surface area contributed by atoms with Crippen LogP contribution in [0.15, 0.2) is 12.2 Å². The zero-order valence-electron chi connectivity index (χ0n) is 12.6. The first kappa shape index (κ1) is 19.4. The highest BCUT2D eigenvalue weighted by Crippen LogP contribution is 2.07. The lowest BCUT2D eigenvalue weighted by molar-refractivity contribution is -0.139. The molecule has 0 aliphatic carbocycles. The summed E-state index contributed by atoms with van der Waals surface area (Å²) in [6.07, 6.45) is 0.501. The zero-order valence-corrected chi connectivity index (χ0v) is 12.6. The SMILES string of the molecule is CC(C)(C)OC(=O)NC(CCNC(=O)C=CC(=O)O)C(=O)O. The number of alkyl carbamates (subject to hydrolysis) is 1. The maximum Gasteiger partial charge on any atom is 0.408 e. The van der Waals surface area contributed by atoms with Gasteiger partial charge in [0.05, 0.1) is 0 Å². The van der Waals surface area contributed by atoms with Crippen molar-refractivity contribution >= 4 is 23.9 Å². The number of rotatable bonds is 7. The average Bonchev–Trinajstić information content (AvgIpc) is 2.32. The Morgan fingerprint density at radius 2 is 1.73 bits per heavy atom. The Hall–Kier alpha value is -2.58. The van der Waals surface area contributed by atoms with E-state index in [1.807, 2.05) is 0 Å². The molecule has 0 fully saturated rings. The van der Waals surface area contributed by atoms with Crippen molar-refractivity contribution in [1.82, 2.24) is 10.6 Å². The topological polar surface area (TPSA) is 142 Å². The molecule has 0 heterocycles. The fourth-order valence-corrected chi connectivity index (χ4v) is 1.25. The summed E-state index contributed by atoms with van der Waals surface area (Å²) in [6.45, 7) is 4.85. The molecule has 1 atom stereocenters. The highest BCUT2D eigenvalue weighted by atomic mass is 16.6. The molecular weight excluding hydrogens is 296 g/mol. The van der Waals surface area contributed by atoms with Crippen LogP contribution in [0.1, 0.15) is 27.2 Å². The molecule has 0 aliphatic rings. The molecule has 0 aromatic heterocycles. The fourth-order valence-electron chi connectivity index (χ4n) is 1.25. The van der Waals surface area contributed by atoms with Crippen LogP contribution in [0.3, 0.4) is 0 Å². The highest BCUT2D eigenvalue weighted by Gasteiger charge is 2.23. The van der Waals surface area contributed by atoms with Gasteiger partial charge >= 0.3 is 18.0 Å². The van der Waals surface area contributed by atoms with E-state index in [4.69, 9.17) is 14.9 Å². The third-order valence-corrected chi connectivity index (χ3v) is 2.10. The molecule has 0 aliphatic heterocycles. The fraction of sp³-hybridized carbons (Fsp3) is 0.538. The van der Waals surface area contributed by atoms with Crippen molar-refractivity contribution < 1.29 is 34.1 Å². The largest absolute Gasteiger partial charge is 0.480 e. The van der Waals surface area contributed by atoms with Gasteiger partial charge in [-0.2, -0.15) is 0 Å². The Balaban J connectivity index is 4.32. The highest BCUT2D eigenvalue weighted by molar-refractivity contribution is 5.93. The molecule has 0 saturated heterocycles. The Labute approximate surface area is 127 Å². The van der Waals surface area contributed by atoms with Crippen LogP contribution < -0.4 is 10.6 Å². The van der Waals surface area contributed by atoms with Crippen molar-refractivity contribution in [3.05, 3.63) is 12.2 Å². The van der Waals surface area contributed by atoms with Crippen molar-refractivity contribution in [2.75, 3.05) is 6.54 Å². The lowest BCUT2D eigenvalue weighted by Gasteiger charge is -2.22. The molecule has 4 N–H and O–H groups in total. The average molecular weight is 316 g/mol. The first-order chi connectivity index (χ1) is 10.0. The third kappa shape index (κ3) is 10.2. The molecule has 22 heavy (non-hydrogen) atoms. The van der Waals surface area contributed by atoms with Crippen molar-refractivity contribution in [2.24, 2.45) is 0 Å². The summed E-state index contributed by atoms with van der Waals surface area (Å²) in [4.78, 5) is 43.9. The smallest absolute Gasteiger partial charge is 0.408 e. The standard InChI is InChI=1S/C13H20N2O7/c1-13(2,3)22-12(21)15-8(11(19)20)6-7-14-9(16)4-5-10(17)18/h4-5,8H,6-7H2,1-3H3,(H,14,16)(H,15,21)(H,17,18)(H,19,20). The van der Waals surface area contributed by atoms with Gasteiger partial charge in [-0.15, -0.1) is 0 Å². The molecule has 0 aromatic carbocycles. The summed E-state index contributed by atoms with van der Waals surface area (Å²) < 4.78 is 4.93. The molecule has 9 heteroatoms. The molecule has 0 radical (unpaired) electrons. The van der Waals surface area contributed by atoms with E-state index < -0.39 is 35.6 Å². The van der Waals surface area contributed by atoms with Gasteiger partial charge in [-0.3, -0.25) is 4.79 Å². The van der Waals surface area contributed by atoms with E-state index in [0.29, 0.717) is 6.08 Å². The molecule has 0 bridgehead atoms. The first-order valence-electron chi connectivity index (χ1n) is 6.42. The van der Waals surface area contributed by atoms with Crippen LogP contribution in [0.2, 0.25) is 0 Å². The number of carbonyl (C=O) groups excluding carboxylic acids is 2. The normalized spacial score (nSPS) is 12.5. The second-order valence-electron chi connectivity index (χ2n) is 5.29. The summed E-state index contributed by atoms with van der Waals surface area (Å²) in [5.41, 5.74) is -0.761. The van der Waals surface area contributed by atoms with E-state index in [0.717, 1.165) is 6.08 Å². The van der Waals surface area contributed by atoms with E-state index in [1.165, 1.54) is 0 Å². The van der Waals surface area contributed by atoms with Gasteiger partial charge in [0.1, 0.15) is 11.6 Å². The number of carboxylic acids is 2. The Morgan fingerprint density at radius 3 is 2.18 bits per heavy atom. The molecule has 0 spiro atoms. The number of nitrogens with one attached hydrogen (secondary N) is 2. The van der Waals surface area contributed by atoms with Gasteiger partial charge in [-0.1, -0.05) is 0 Å². The van der Waals surface area contributed by atoms with Crippen LogP contribution >= 0.6 is 0 Å². The molecule has 0 aromatic rings. The van der Waals surface area contributed by atoms with Crippen LogP contribution in [0.5, 0.6) is 0 Å². The predicted molar refractivity (Wildman–Crippen MR) is 75.2 cm³/mol. The number of carbonyl (C=O) groups is 4. The van der Waals surface area contributed by atoms with Crippen molar-refractivity contribution in [1.29, 1.82) is 0 Å². The monoisotopic (exact) mass is 316 g/mol. The number of hydrogen-bond donors (Lipinski definition) is 4. The minimum absolute atomic E-state index is 0.0600. The molecule has 0 rings (SSSR count). The van der Waals surface area contributed by atoms with E-state index >= 15 is 0 Å². The van der Waals surface area contributed by atoms with Gasteiger partial charge < -0.3 is 25.6 Å². The molecule has 2 amide bonds. The van der Waals surface area contributed by atoms with Gasteiger partial charge in [0.15, 0.2) is 0 Å². The minimum Gasteiger partial charge on any atom is -0.480 e. The second kappa shape index (κ2) is 8.65. The Morgan fingerprint density at radius 1 is 1.14 bits per heavy atom. The van der Waals surface area contributed by atoms with Crippen LogP contribution in [0.25, 0.3) is 0 Å².